The van der Waals surface area contributed by atoms with Crippen LogP contribution in [-0.4, -0.2) is 17.8 Å². The van der Waals surface area contributed by atoms with Crippen molar-refractivity contribution >= 4 is 27.3 Å². The fourth-order valence-electron chi connectivity index (χ4n) is 2.45. The Bertz CT molecular complexity index is 980. The molecule has 3 aromatic rings. The number of imidazole rings is 1. The minimum Gasteiger partial charge on any atom is -0.305 e. The molecule has 2 aromatic heterocycles. The van der Waals surface area contributed by atoms with Crippen LogP contribution < -0.4 is 4.72 Å². The first-order valence-corrected chi connectivity index (χ1v) is 8.91. The van der Waals surface area contributed by atoms with Crippen molar-refractivity contribution in [2.45, 2.75) is 25.3 Å². The van der Waals surface area contributed by atoms with E-state index < -0.39 is 10.0 Å². The van der Waals surface area contributed by atoms with Gasteiger partial charge in [0.25, 0.3) is 0 Å². The van der Waals surface area contributed by atoms with Crippen LogP contribution in [0.5, 0.6) is 0 Å². The number of nitrogens with zero attached hydrogens (tertiary/aromatic N) is 2. The van der Waals surface area contributed by atoms with E-state index in [1.165, 1.54) is 0 Å². The number of benzene rings is 1. The molecule has 2 heterocycles. The highest BCUT2D eigenvalue weighted by Crippen LogP contribution is 2.17. The number of aromatic nitrogens is 2. The van der Waals surface area contributed by atoms with E-state index in [0.717, 1.165) is 16.8 Å². The predicted octanol–water partition coefficient (Wildman–Crippen LogP) is 3.08. The maximum Gasteiger partial charge on any atom is 0.241 e. The minimum absolute atomic E-state index is 0.120. The molecule has 0 saturated carbocycles. The summed E-state index contributed by atoms with van der Waals surface area (Å²) in [6.45, 7) is 3.84. The quantitative estimate of drug-likeness (QED) is 0.787. The fourth-order valence-corrected chi connectivity index (χ4v) is 3.84. The van der Waals surface area contributed by atoms with E-state index in [-0.39, 0.29) is 11.4 Å². The van der Waals surface area contributed by atoms with Crippen LogP contribution in [0.15, 0.2) is 47.6 Å². The first kappa shape index (κ1) is 16.0. The van der Waals surface area contributed by atoms with Crippen LogP contribution in [0.1, 0.15) is 16.8 Å². The van der Waals surface area contributed by atoms with Gasteiger partial charge in [-0.3, -0.25) is 0 Å². The molecule has 5 nitrogen and oxygen atoms in total. The van der Waals surface area contributed by atoms with Gasteiger partial charge in [-0.25, -0.2) is 18.1 Å². The molecule has 0 aliphatic heterocycles. The molecule has 0 fully saturated rings. The van der Waals surface area contributed by atoms with Crippen LogP contribution in [0.3, 0.4) is 0 Å². The monoisotopic (exact) mass is 349 g/mol. The lowest BCUT2D eigenvalue weighted by atomic mass is 10.2. The third kappa shape index (κ3) is 3.39. The normalized spacial score (nSPS) is 12.0. The van der Waals surface area contributed by atoms with Gasteiger partial charge in [0.2, 0.25) is 10.0 Å². The number of sulfonamides is 1. The molecule has 0 aliphatic rings. The van der Waals surface area contributed by atoms with Gasteiger partial charge < -0.3 is 4.40 Å². The number of rotatable bonds is 4. The van der Waals surface area contributed by atoms with Gasteiger partial charge in [0.1, 0.15) is 5.65 Å². The summed E-state index contributed by atoms with van der Waals surface area (Å²) < 4.78 is 29.2. The molecule has 1 N–H and O–H groups in total. The molecular weight excluding hydrogens is 334 g/mol. The van der Waals surface area contributed by atoms with E-state index >= 15 is 0 Å². The van der Waals surface area contributed by atoms with Gasteiger partial charge in [-0.15, -0.1) is 0 Å². The van der Waals surface area contributed by atoms with Gasteiger partial charge in [-0.05, 0) is 37.6 Å². The summed E-state index contributed by atoms with van der Waals surface area (Å²) >= 11 is 5.93. The Labute approximate surface area is 140 Å². The molecule has 3 rings (SSSR count). The van der Waals surface area contributed by atoms with Gasteiger partial charge in [-0.2, -0.15) is 0 Å². The predicted molar refractivity (Wildman–Crippen MR) is 90.1 cm³/mol. The summed E-state index contributed by atoms with van der Waals surface area (Å²) in [4.78, 5) is 4.65. The zero-order valence-electron chi connectivity index (χ0n) is 12.7. The topological polar surface area (TPSA) is 63.5 Å². The van der Waals surface area contributed by atoms with Crippen molar-refractivity contribution in [3.05, 3.63) is 64.6 Å². The Hall–Kier alpha value is -1.89. The van der Waals surface area contributed by atoms with Crippen LogP contribution in [0.4, 0.5) is 0 Å². The average Bonchev–Trinajstić information content (AvgIpc) is 2.87. The Morgan fingerprint density at radius 3 is 2.70 bits per heavy atom. The summed E-state index contributed by atoms with van der Waals surface area (Å²) in [6.07, 6.45) is 3.48. The fraction of sp³-hybridized carbons (Fsp3) is 0.188. The summed E-state index contributed by atoms with van der Waals surface area (Å²) in [6, 6.07) is 8.78. The minimum atomic E-state index is -3.58. The lowest BCUT2D eigenvalue weighted by molar-refractivity contribution is 0.580. The average molecular weight is 350 g/mol. The van der Waals surface area contributed by atoms with E-state index in [1.807, 2.05) is 13.0 Å². The highest BCUT2D eigenvalue weighted by molar-refractivity contribution is 7.89. The summed E-state index contributed by atoms with van der Waals surface area (Å²) in [5.74, 6) is 0. The Kier molecular flexibility index (Phi) is 4.14. The molecule has 0 atom stereocenters. The van der Waals surface area contributed by atoms with E-state index in [1.54, 1.807) is 48.0 Å². The van der Waals surface area contributed by atoms with Gasteiger partial charge in [0.05, 0.1) is 22.2 Å². The second-order valence-electron chi connectivity index (χ2n) is 5.44. The Morgan fingerprint density at radius 1 is 1.17 bits per heavy atom. The van der Waals surface area contributed by atoms with Gasteiger partial charge in [0, 0.05) is 12.4 Å². The van der Waals surface area contributed by atoms with Crippen molar-refractivity contribution < 1.29 is 8.42 Å². The SMILES string of the molecule is Cc1ccc(S(=O)(=O)NCc2cn3cc(Cl)ccc3n2)c(C)c1. The standard InChI is InChI=1S/C16H16ClN3O2S/c1-11-3-5-15(12(2)7-11)23(21,22)18-8-14-10-20-9-13(17)4-6-16(20)19-14/h3-7,9-10,18H,8H2,1-2H3. The molecule has 0 amide bonds. The van der Waals surface area contributed by atoms with Crippen LogP contribution in [0.25, 0.3) is 5.65 Å². The molecule has 0 saturated heterocycles. The number of pyridine rings is 1. The zero-order valence-corrected chi connectivity index (χ0v) is 14.3. The molecular formula is C16H16ClN3O2S. The summed E-state index contributed by atoms with van der Waals surface area (Å²) in [7, 11) is -3.58. The first-order valence-electron chi connectivity index (χ1n) is 7.05. The second kappa shape index (κ2) is 5.96. The van der Waals surface area contributed by atoms with Gasteiger partial charge in [-0.1, -0.05) is 29.3 Å². The van der Waals surface area contributed by atoms with Crippen molar-refractivity contribution in [1.29, 1.82) is 0 Å². The van der Waals surface area contributed by atoms with E-state index in [2.05, 4.69) is 9.71 Å². The van der Waals surface area contributed by atoms with E-state index in [0.29, 0.717) is 10.7 Å². The van der Waals surface area contributed by atoms with Crippen LogP contribution in [0.2, 0.25) is 5.02 Å². The lowest BCUT2D eigenvalue weighted by Gasteiger charge is -2.09. The third-order valence-corrected chi connectivity index (χ3v) is 5.31. The maximum atomic E-state index is 12.4. The van der Waals surface area contributed by atoms with Gasteiger partial charge >= 0.3 is 0 Å². The van der Waals surface area contributed by atoms with Crippen molar-refractivity contribution in [1.82, 2.24) is 14.1 Å². The number of hydrogen-bond acceptors (Lipinski definition) is 3. The molecule has 0 unspecified atom stereocenters. The molecule has 7 heteroatoms. The van der Waals surface area contributed by atoms with E-state index in [9.17, 15) is 8.42 Å². The Morgan fingerprint density at radius 2 is 1.96 bits per heavy atom. The molecule has 0 spiro atoms. The molecule has 0 radical (unpaired) electrons. The number of fused-ring (bicyclic) bond motifs is 1. The smallest absolute Gasteiger partial charge is 0.241 e. The highest BCUT2D eigenvalue weighted by Gasteiger charge is 2.17. The van der Waals surface area contributed by atoms with Crippen LogP contribution >= 0.6 is 11.6 Å². The Balaban J connectivity index is 1.82. The number of nitrogens with one attached hydrogen (secondary N) is 1. The lowest BCUT2D eigenvalue weighted by Crippen LogP contribution is -2.24. The highest BCUT2D eigenvalue weighted by atomic mass is 35.5. The summed E-state index contributed by atoms with van der Waals surface area (Å²) in [5.41, 5.74) is 3.09. The zero-order chi connectivity index (χ0) is 16.6. The van der Waals surface area contributed by atoms with Gasteiger partial charge in [0.15, 0.2) is 0 Å². The number of aryl methyl sites for hydroxylation is 2. The first-order chi connectivity index (χ1) is 10.8. The van der Waals surface area contributed by atoms with Crippen molar-refractivity contribution in [2.75, 3.05) is 0 Å². The third-order valence-electron chi connectivity index (χ3n) is 3.53. The largest absolute Gasteiger partial charge is 0.305 e. The van der Waals surface area contributed by atoms with Crippen LogP contribution in [-0.2, 0) is 16.6 Å². The van der Waals surface area contributed by atoms with Crippen LogP contribution in [0, 0.1) is 13.8 Å². The van der Waals surface area contributed by atoms with E-state index in [4.69, 9.17) is 11.6 Å². The van der Waals surface area contributed by atoms with Crippen molar-refractivity contribution in [3.8, 4) is 0 Å². The molecule has 1 aromatic carbocycles. The number of halogens is 1. The molecule has 23 heavy (non-hydrogen) atoms. The molecule has 0 bridgehead atoms. The second-order valence-corrected chi connectivity index (χ2v) is 7.61. The van der Waals surface area contributed by atoms with Crippen molar-refractivity contribution in [2.24, 2.45) is 0 Å². The molecule has 0 aliphatic carbocycles. The van der Waals surface area contributed by atoms with Crippen molar-refractivity contribution in [3.63, 3.8) is 0 Å². The number of hydrogen-bond donors (Lipinski definition) is 1. The molecule has 120 valence electrons. The maximum absolute atomic E-state index is 12.4. The summed E-state index contributed by atoms with van der Waals surface area (Å²) in [5, 5.41) is 0.595.